The Morgan fingerprint density at radius 3 is 2.28 bits per heavy atom. The van der Waals surface area contributed by atoms with Gasteiger partial charge in [0, 0.05) is 44.8 Å². The van der Waals surface area contributed by atoms with Gasteiger partial charge >= 0.3 is 0 Å². The lowest BCUT2D eigenvalue weighted by Gasteiger charge is -2.34. The SMILES string of the molecule is O=C(NCCN1CCN(c2nc3ccccc3s2)CC1)c1ccc(-c2ccccc2)cc1. The zero-order chi connectivity index (χ0) is 21.8. The highest BCUT2D eigenvalue weighted by Gasteiger charge is 2.19. The van der Waals surface area contributed by atoms with Gasteiger partial charge in [0.25, 0.3) is 5.91 Å². The van der Waals surface area contributed by atoms with E-state index < -0.39 is 0 Å². The number of hydrogen-bond donors (Lipinski definition) is 1. The van der Waals surface area contributed by atoms with Gasteiger partial charge in [-0.05, 0) is 35.4 Å². The van der Waals surface area contributed by atoms with Crippen LogP contribution in [0.25, 0.3) is 21.3 Å². The van der Waals surface area contributed by atoms with Crippen LogP contribution < -0.4 is 10.2 Å². The van der Waals surface area contributed by atoms with Crippen molar-refractivity contribution in [1.29, 1.82) is 0 Å². The van der Waals surface area contributed by atoms with E-state index in [9.17, 15) is 4.79 Å². The molecule has 0 spiro atoms. The largest absolute Gasteiger partial charge is 0.351 e. The minimum absolute atomic E-state index is 0.0160. The second-order valence-corrected chi connectivity index (χ2v) is 9.00. The van der Waals surface area contributed by atoms with Crippen LogP contribution in [0.1, 0.15) is 10.4 Å². The third-order valence-electron chi connectivity index (χ3n) is 5.89. The van der Waals surface area contributed by atoms with Gasteiger partial charge in [-0.25, -0.2) is 4.98 Å². The number of thiazole rings is 1. The first kappa shape index (κ1) is 20.7. The summed E-state index contributed by atoms with van der Waals surface area (Å²) < 4.78 is 1.24. The van der Waals surface area contributed by atoms with Gasteiger partial charge in [-0.1, -0.05) is 65.9 Å². The third-order valence-corrected chi connectivity index (χ3v) is 6.99. The second-order valence-electron chi connectivity index (χ2n) is 7.99. The molecule has 32 heavy (non-hydrogen) atoms. The number of piperazine rings is 1. The molecule has 1 N–H and O–H groups in total. The van der Waals surface area contributed by atoms with Crippen LogP contribution in [0.5, 0.6) is 0 Å². The fraction of sp³-hybridized carbons (Fsp3) is 0.231. The molecule has 1 aromatic heterocycles. The van der Waals surface area contributed by atoms with Crippen molar-refractivity contribution in [3.8, 4) is 11.1 Å². The fourth-order valence-corrected chi connectivity index (χ4v) is 5.05. The average molecular weight is 443 g/mol. The van der Waals surface area contributed by atoms with E-state index in [0.717, 1.165) is 54.5 Å². The Morgan fingerprint density at radius 2 is 1.53 bits per heavy atom. The van der Waals surface area contributed by atoms with E-state index in [-0.39, 0.29) is 5.91 Å². The van der Waals surface area contributed by atoms with Crippen molar-refractivity contribution < 1.29 is 4.79 Å². The Morgan fingerprint density at radius 1 is 0.844 bits per heavy atom. The van der Waals surface area contributed by atoms with Crippen molar-refractivity contribution in [2.75, 3.05) is 44.2 Å². The number of rotatable bonds is 6. The molecule has 162 valence electrons. The molecule has 0 radical (unpaired) electrons. The van der Waals surface area contributed by atoms with Crippen LogP contribution in [0.4, 0.5) is 5.13 Å². The maximum atomic E-state index is 12.5. The number of amides is 1. The van der Waals surface area contributed by atoms with Gasteiger partial charge in [0.2, 0.25) is 0 Å². The molecule has 6 heteroatoms. The Kier molecular flexibility index (Phi) is 6.14. The number of para-hydroxylation sites is 1. The zero-order valence-corrected chi connectivity index (χ0v) is 18.7. The molecule has 0 aliphatic carbocycles. The maximum absolute atomic E-state index is 12.5. The highest BCUT2D eigenvalue weighted by atomic mass is 32.1. The van der Waals surface area contributed by atoms with Crippen molar-refractivity contribution in [3.63, 3.8) is 0 Å². The highest BCUT2D eigenvalue weighted by Crippen LogP contribution is 2.29. The van der Waals surface area contributed by atoms with E-state index in [2.05, 4.69) is 45.4 Å². The van der Waals surface area contributed by atoms with Crippen molar-refractivity contribution in [2.24, 2.45) is 0 Å². The molecule has 5 nitrogen and oxygen atoms in total. The Bertz CT molecular complexity index is 1150. The van der Waals surface area contributed by atoms with E-state index >= 15 is 0 Å². The molecule has 0 unspecified atom stereocenters. The van der Waals surface area contributed by atoms with Crippen molar-refractivity contribution >= 4 is 32.6 Å². The van der Waals surface area contributed by atoms with E-state index in [0.29, 0.717) is 12.1 Å². The molecule has 1 fully saturated rings. The lowest BCUT2D eigenvalue weighted by Crippen LogP contribution is -2.48. The number of hydrogen-bond acceptors (Lipinski definition) is 5. The summed E-state index contributed by atoms with van der Waals surface area (Å²) in [7, 11) is 0. The van der Waals surface area contributed by atoms with E-state index in [1.54, 1.807) is 11.3 Å². The number of aromatic nitrogens is 1. The fourth-order valence-electron chi connectivity index (χ4n) is 4.03. The van der Waals surface area contributed by atoms with Gasteiger partial charge in [0.15, 0.2) is 5.13 Å². The standard InChI is InChI=1S/C26H26N4OS/c31-25(22-12-10-21(11-13-22)20-6-2-1-3-7-20)27-14-15-29-16-18-30(19-17-29)26-28-23-8-4-5-9-24(23)32-26/h1-13H,14-19H2,(H,27,31). The summed E-state index contributed by atoms with van der Waals surface area (Å²) in [6.45, 7) is 5.42. The first-order valence-corrected chi connectivity index (χ1v) is 11.8. The quantitative estimate of drug-likeness (QED) is 0.477. The summed E-state index contributed by atoms with van der Waals surface area (Å²) in [6.07, 6.45) is 0. The molecular weight excluding hydrogens is 416 g/mol. The topological polar surface area (TPSA) is 48.5 Å². The number of carbonyl (C=O) groups is 1. The smallest absolute Gasteiger partial charge is 0.251 e. The Hall–Kier alpha value is -3.22. The van der Waals surface area contributed by atoms with Gasteiger partial charge in [0.1, 0.15) is 0 Å². The first-order chi connectivity index (χ1) is 15.8. The predicted molar refractivity (Wildman–Crippen MR) is 132 cm³/mol. The van der Waals surface area contributed by atoms with Crippen LogP contribution in [0.2, 0.25) is 0 Å². The number of fused-ring (bicyclic) bond motifs is 1. The Labute approximate surface area is 192 Å². The Balaban J connectivity index is 1.08. The van der Waals surface area contributed by atoms with Crippen LogP contribution in [-0.4, -0.2) is 55.1 Å². The molecule has 2 heterocycles. The monoisotopic (exact) mass is 442 g/mol. The maximum Gasteiger partial charge on any atom is 0.251 e. The molecule has 5 rings (SSSR count). The minimum atomic E-state index is -0.0160. The number of anilines is 1. The van der Waals surface area contributed by atoms with Crippen molar-refractivity contribution in [2.45, 2.75) is 0 Å². The highest BCUT2D eigenvalue weighted by molar-refractivity contribution is 7.22. The van der Waals surface area contributed by atoms with Gasteiger partial charge in [0.05, 0.1) is 10.2 Å². The van der Waals surface area contributed by atoms with E-state index in [1.807, 2.05) is 48.5 Å². The summed E-state index contributed by atoms with van der Waals surface area (Å²) in [5.41, 5.74) is 4.05. The normalized spacial score (nSPS) is 14.6. The molecular formula is C26H26N4OS. The summed E-state index contributed by atoms with van der Waals surface area (Å²) >= 11 is 1.76. The van der Waals surface area contributed by atoms with Crippen LogP contribution in [0.3, 0.4) is 0 Å². The number of carbonyl (C=O) groups excluding carboxylic acids is 1. The number of benzene rings is 3. The van der Waals surface area contributed by atoms with Crippen LogP contribution in [0.15, 0.2) is 78.9 Å². The van der Waals surface area contributed by atoms with Gasteiger partial charge in [-0.2, -0.15) is 0 Å². The average Bonchev–Trinajstić information content (AvgIpc) is 3.29. The lowest BCUT2D eigenvalue weighted by atomic mass is 10.0. The second kappa shape index (κ2) is 9.51. The van der Waals surface area contributed by atoms with Crippen LogP contribution >= 0.6 is 11.3 Å². The molecule has 1 saturated heterocycles. The van der Waals surface area contributed by atoms with E-state index in [4.69, 9.17) is 4.98 Å². The van der Waals surface area contributed by atoms with Crippen LogP contribution in [-0.2, 0) is 0 Å². The zero-order valence-electron chi connectivity index (χ0n) is 17.9. The first-order valence-electron chi connectivity index (χ1n) is 11.0. The molecule has 1 aliphatic rings. The molecule has 3 aromatic carbocycles. The molecule has 1 aliphatic heterocycles. The summed E-state index contributed by atoms with van der Waals surface area (Å²) in [4.78, 5) is 22.1. The lowest BCUT2D eigenvalue weighted by molar-refractivity contribution is 0.0948. The summed E-state index contributed by atoms with van der Waals surface area (Å²) in [6, 6.07) is 26.3. The molecule has 0 bridgehead atoms. The van der Waals surface area contributed by atoms with Crippen molar-refractivity contribution in [3.05, 3.63) is 84.4 Å². The van der Waals surface area contributed by atoms with Gasteiger partial charge < -0.3 is 10.2 Å². The van der Waals surface area contributed by atoms with Gasteiger partial charge in [-0.15, -0.1) is 0 Å². The molecule has 0 saturated carbocycles. The molecule has 0 atom stereocenters. The van der Waals surface area contributed by atoms with Crippen LogP contribution in [0, 0.1) is 0 Å². The predicted octanol–water partition coefficient (Wildman–Crippen LogP) is 4.52. The molecule has 1 amide bonds. The summed E-state index contributed by atoms with van der Waals surface area (Å²) in [5.74, 6) is -0.0160. The number of nitrogens with one attached hydrogen (secondary N) is 1. The third kappa shape index (κ3) is 4.66. The number of nitrogens with zero attached hydrogens (tertiary/aromatic N) is 3. The van der Waals surface area contributed by atoms with E-state index in [1.165, 1.54) is 4.70 Å². The van der Waals surface area contributed by atoms with Crippen molar-refractivity contribution in [1.82, 2.24) is 15.2 Å². The molecule has 4 aromatic rings. The van der Waals surface area contributed by atoms with Gasteiger partial charge in [-0.3, -0.25) is 9.69 Å². The minimum Gasteiger partial charge on any atom is -0.351 e. The summed E-state index contributed by atoms with van der Waals surface area (Å²) in [5, 5.41) is 4.17.